The van der Waals surface area contributed by atoms with Gasteiger partial charge in [0.2, 0.25) is 11.8 Å². The molecule has 1 aromatic carbocycles. The number of pyridine rings is 1. The molecule has 0 unspecified atom stereocenters. The highest BCUT2D eigenvalue weighted by Gasteiger charge is 2.08. The lowest BCUT2D eigenvalue weighted by atomic mass is 10.1. The monoisotopic (exact) mass is 317 g/mol. The molecule has 0 atom stereocenters. The van der Waals surface area contributed by atoms with Crippen molar-refractivity contribution >= 4 is 0 Å². The van der Waals surface area contributed by atoms with Crippen molar-refractivity contribution in [1.82, 2.24) is 25.0 Å². The normalized spacial score (nSPS) is 10.9. The van der Waals surface area contributed by atoms with E-state index in [0.717, 1.165) is 22.5 Å². The summed E-state index contributed by atoms with van der Waals surface area (Å²) in [6.45, 7) is 2.23. The van der Waals surface area contributed by atoms with Gasteiger partial charge < -0.3 is 4.42 Å². The van der Waals surface area contributed by atoms with Gasteiger partial charge in [-0.1, -0.05) is 24.3 Å². The van der Waals surface area contributed by atoms with Gasteiger partial charge in [0.1, 0.15) is 6.54 Å². The standard InChI is InChI=1S/C18H15N5O/c1-13-20-21-18(24-13)12-23-10-8-17(22-23)15-6-4-5-14(11-15)16-7-2-3-9-19-16/h2-11H,12H2,1H3. The summed E-state index contributed by atoms with van der Waals surface area (Å²) in [7, 11) is 0. The van der Waals surface area contributed by atoms with Crippen molar-refractivity contribution in [2.75, 3.05) is 0 Å². The van der Waals surface area contributed by atoms with E-state index in [1.807, 2.05) is 48.7 Å². The number of nitrogens with zero attached hydrogens (tertiary/aromatic N) is 5. The molecular formula is C18H15N5O. The van der Waals surface area contributed by atoms with Crippen LogP contribution in [0.2, 0.25) is 0 Å². The fourth-order valence-electron chi connectivity index (χ4n) is 2.52. The topological polar surface area (TPSA) is 69.6 Å². The number of rotatable bonds is 4. The second-order valence-corrected chi connectivity index (χ2v) is 5.41. The van der Waals surface area contributed by atoms with Crippen LogP contribution in [0.4, 0.5) is 0 Å². The highest BCUT2D eigenvalue weighted by atomic mass is 16.4. The molecule has 0 N–H and O–H groups in total. The highest BCUT2D eigenvalue weighted by Crippen LogP contribution is 2.24. The van der Waals surface area contributed by atoms with E-state index in [2.05, 4.69) is 26.3 Å². The molecule has 118 valence electrons. The fourth-order valence-corrected chi connectivity index (χ4v) is 2.52. The van der Waals surface area contributed by atoms with Crippen LogP contribution in [0, 0.1) is 6.92 Å². The lowest BCUT2D eigenvalue weighted by Crippen LogP contribution is -2.00. The molecule has 6 heteroatoms. The predicted molar refractivity (Wildman–Crippen MR) is 89.0 cm³/mol. The smallest absolute Gasteiger partial charge is 0.237 e. The van der Waals surface area contributed by atoms with Crippen LogP contribution in [-0.2, 0) is 6.54 Å². The molecule has 0 amide bonds. The summed E-state index contributed by atoms with van der Waals surface area (Å²) in [4.78, 5) is 4.39. The molecule has 3 heterocycles. The number of hydrogen-bond donors (Lipinski definition) is 0. The van der Waals surface area contributed by atoms with Gasteiger partial charge in [0.25, 0.3) is 0 Å². The quantitative estimate of drug-likeness (QED) is 0.577. The number of aromatic nitrogens is 5. The molecule has 0 radical (unpaired) electrons. The zero-order chi connectivity index (χ0) is 16.4. The molecule has 0 spiro atoms. The average molecular weight is 317 g/mol. The van der Waals surface area contributed by atoms with Crippen LogP contribution in [0.15, 0.2) is 65.3 Å². The van der Waals surface area contributed by atoms with Gasteiger partial charge in [-0.3, -0.25) is 9.67 Å². The minimum absolute atomic E-state index is 0.459. The Hall–Kier alpha value is -3.28. The van der Waals surface area contributed by atoms with Crippen LogP contribution in [0.25, 0.3) is 22.5 Å². The Bertz CT molecular complexity index is 958. The maximum Gasteiger partial charge on any atom is 0.237 e. The second-order valence-electron chi connectivity index (χ2n) is 5.41. The molecule has 0 aliphatic carbocycles. The van der Waals surface area contributed by atoms with E-state index in [1.165, 1.54) is 0 Å². The summed E-state index contributed by atoms with van der Waals surface area (Å²) in [5.41, 5.74) is 3.94. The van der Waals surface area contributed by atoms with Crippen molar-refractivity contribution in [1.29, 1.82) is 0 Å². The Morgan fingerprint density at radius 2 is 1.83 bits per heavy atom. The number of aryl methyl sites for hydroxylation is 1. The first-order chi connectivity index (χ1) is 11.8. The van der Waals surface area contributed by atoms with Crippen molar-refractivity contribution in [2.45, 2.75) is 13.5 Å². The van der Waals surface area contributed by atoms with Crippen LogP contribution in [0.3, 0.4) is 0 Å². The zero-order valence-corrected chi connectivity index (χ0v) is 13.1. The van der Waals surface area contributed by atoms with Gasteiger partial charge in [-0.15, -0.1) is 10.2 Å². The number of hydrogen-bond acceptors (Lipinski definition) is 5. The lowest BCUT2D eigenvalue weighted by Gasteiger charge is -2.03. The van der Waals surface area contributed by atoms with E-state index in [4.69, 9.17) is 4.42 Å². The minimum Gasteiger partial charge on any atom is -0.424 e. The van der Waals surface area contributed by atoms with E-state index in [0.29, 0.717) is 18.3 Å². The summed E-state index contributed by atoms with van der Waals surface area (Å²) in [5.74, 6) is 1.10. The van der Waals surface area contributed by atoms with Crippen molar-refractivity contribution in [3.05, 3.63) is 72.7 Å². The van der Waals surface area contributed by atoms with Gasteiger partial charge in [-0.05, 0) is 24.3 Å². The summed E-state index contributed by atoms with van der Waals surface area (Å²) in [6.07, 6.45) is 3.70. The Morgan fingerprint density at radius 3 is 2.58 bits per heavy atom. The molecule has 4 rings (SSSR count). The summed E-state index contributed by atoms with van der Waals surface area (Å²) < 4.78 is 7.18. The Morgan fingerprint density at radius 1 is 0.958 bits per heavy atom. The molecule has 24 heavy (non-hydrogen) atoms. The highest BCUT2D eigenvalue weighted by molar-refractivity contribution is 5.69. The van der Waals surface area contributed by atoms with Crippen LogP contribution < -0.4 is 0 Å². The Kier molecular flexibility index (Phi) is 3.63. The fraction of sp³-hybridized carbons (Fsp3) is 0.111. The van der Waals surface area contributed by atoms with E-state index >= 15 is 0 Å². The third-order valence-corrected chi connectivity index (χ3v) is 3.62. The molecule has 0 fully saturated rings. The number of benzene rings is 1. The summed E-state index contributed by atoms with van der Waals surface area (Å²) in [6, 6.07) is 16.0. The molecule has 4 aromatic rings. The van der Waals surface area contributed by atoms with E-state index in [9.17, 15) is 0 Å². The van der Waals surface area contributed by atoms with E-state index < -0.39 is 0 Å². The third kappa shape index (κ3) is 2.94. The molecule has 0 aliphatic rings. The lowest BCUT2D eigenvalue weighted by molar-refractivity contribution is 0.444. The van der Waals surface area contributed by atoms with Crippen molar-refractivity contribution in [2.24, 2.45) is 0 Å². The van der Waals surface area contributed by atoms with Crippen LogP contribution in [-0.4, -0.2) is 25.0 Å². The SMILES string of the molecule is Cc1nnc(Cn2ccc(-c3cccc(-c4ccccn4)c3)n2)o1. The minimum atomic E-state index is 0.459. The van der Waals surface area contributed by atoms with E-state index in [-0.39, 0.29) is 0 Å². The molecule has 0 saturated heterocycles. The molecule has 3 aromatic heterocycles. The Labute approximate surface area is 138 Å². The van der Waals surface area contributed by atoms with Gasteiger partial charge in [-0.2, -0.15) is 5.10 Å². The molecule has 6 nitrogen and oxygen atoms in total. The first-order valence-electron chi connectivity index (χ1n) is 7.62. The van der Waals surface area contributed by atoms with Crippen LogP contribution in [0.5, 0.6) is 0 Å². The van der Waals surface area contributed by atoms with Crippen molar-refractivity contribution in [3.8, 4) is 22.5 Å². The predicted octanol–water partition coefficient (Wildman–Crippen LogP) is 3.35. The van der Waals surface area contributed by atoms with Crippen molar-refractivity contribution in [3.63, 3.8) is 0 Å². The summed E-state index contributed by atoms with van der Waals surface area (Å²) in [5, 5.41) is 12.4. The second kappa shape index (κ2) is 6.08. The Balaban J connectivity index is 1.60. The molecule has 0 aliphatic heterocycles. The maximum absolute atomic E-state index is 5.39. The van der Waals surface area contributed by atoms with Crippen LogP contribution >= 0.6 is 0 Å². The van der Waals surface area contributed by atoms with Gasteiger partial charge in [0.15, 0.2) is 0 Å². The van der Waals surface area contributed by atoms with Gasteiger partial charge in [-0.25, -0.2) is 0 Å². The van der Waals surface area contributed by atoms with Crippen molar-refractivity contribution < 1.29 is 4.42 Å². The third-order valence-electron chi connectivity index (χ3n) is 3.62. The summed E-state index contributed by atoms with van der Waals surface area (Å²) >= 11 is 0. The zero-order valence-electron chi connectivity index (χ0n) is 13.1. The first-order valence-corrected chi connectivity index (χ1v) is 7.62. The van der Waals surface area contributed by atoms with Crippen LogP contribution in [0.1, 0.15) is 11.8 Å². The molecule has 0 saturated carbocycles. The van der Waals surface area contributed by atoms with Gasteiger partial charge >= 0.3 is 0 Å². The van der Waals surface area contributed by atoms with Gasteiger partial charge in [0, 0.05) is 30.4 Å². The maximum atomic E-state index is 5.39. The molecule has 0 bridgehead atoms. The molecular weight excluding hydrogens is 302 g/mol. The average Bonchev–Trinajstić information content (AvgIpc) is 3.25. The first kappa shape index (κ1) is 14.3. The largest absolute Gasteiger partial charge is 0.424 e. The van der Waals surface area contributed by atoms with E-state index in [1.54, 1.807) is 17.8 Å². The van der Waals surface area contributed by atoms with Gasteiger partial charge in [0.05, 0.1) is 11.4 Å².